The second-order valence-electron chi connectivity index (χ2n) is 3.02. The molecule has 0 amide bonds. The van der Waals surface area contributed by atoms with Gasteiger partial charge in [0.1, 0.15) is 5.02 Å². The van der Waals surface area contributed by atoms with Gasteiger partial charge >= 0.3 is 5.97 Å². The zero-order chi connectivity index (χ0) is 12.7. The largest absolute Gasteiger partial charge is 0.466 e. The van der Waals surface area contributed by atoms with E-state index in [-0.39, 0.29) is 18.3 Å². The molecule has 0 aliphatic carbocycles. The zero-order valence-electron chi connectivity index (χ0n) is 9.36. The Balaban J connectivity index is 2.48. The molecule has 0 saturated heterocycles. The van der Waals surface area contributed by atoms with Crippen LogP contribution in [0.25, 0.3) is 0 Å². The van der Waals surface area contributed by atoms with Gasteiger partial charge in [0.05, 0.1) is 19.2 Å². The number of nitrogens with one attached hydrogen (secondary N) is 2. The Labute approximate surface area is 104 Å². The van der Waals surface area contributed by atoms with Crippen LogP contribution in [-0.2, 0) is 9.53 Å². The molecule has 0 atom stereocenters. The molecule has 94 valence electrons. The first-order valence-corrected chi connectivity index (χ1v) is 5.43. The highest BCUT2D eigenvalue weighted by Crippen LogP contribution is 2.18. The summed E-state index contributed by atoms with van der Waals surface area (Å²) in [5.74, 6) is 5.55. The molecule has 1 aromatic heterocycles. The van der Waals surface area contributed by atoms with Gasteiger partial charge in [-0.25, -0.2) is 10.8 Å². The van der Waals surface area contributed by atoms with Crippen molar-refractivity contribution in [3.63, 3.8) is 0 Å². The van der Waals surface area contributed by atoms with Crippen LogP contribution in [0.15, 0.2) is 6.20 Å². The number of carbonyl (C=O) groups is 1. The van der Waals surface area contributed by atoms with Gasteiger partial charge in [-0.15, -0.1) is 0 Å². The Morgan fingerprint density at radius 3 is 3.06 bits per heavy atom. The van der Waals surface area contributed by atoms with E-state index in [1.807, 2.05) is 0 Å². The van der Waals surface area contributed by atoms with Gasteiger partial charge in [0.25, 0.3) is 0 Å². The maximum absolute atomic E-state index is 11.1. The van der Waals surface area contributed by atoms with Crippen LogP contribution in [0.3, 0.4) is 0 Å². The molecule has 1 aromatic rings. The van der Waals surface area contributed by atoms with Crippen molar-refractivity contribution >= 4 is 29.3 Å². The molecule has 1 rings (SSSR count). The third-order valence-corrected chi connectivity index (χ3v) is 2.08. The fourth-order valence-corrected chi connectivity index (χ4v) is 1.23. The van der Waals surface area contributed by atoms with Crippen molar-refractivity contribution in [3.05, 3.63) is 11.2 Å². The molecule has 7 nitrogen and oxygen atoms in total. The molecule has 1 heterocycles. The Kier molecular flexibility index (Phi) is 5.44. The summed E-state index contributed by atoms with van der Waals surface area (Å²) < 4.78 is 4.78. The third kappa shape index (κ3) is 4.41. The molecule has 17 heavy (non-hydrogen) atoms. The molecule has 8 heteroatoms. The van der Waals surface area contributed by atoms with Gasteiger partial charge in [0.15, 0.2) is 5.82 Å². The monoisotopic (exact) mass is 259 g/mol. The summed E-state index contributed by atoms with van der Waals surface area (Å²) in [6.45, 7) is 2.50. The van der Waals surface area contributed by atoms with Gasteiger partial charge in [0, 0.05) is 6.54 Å². The van der Waals surface area contributed by atoms with Gasteiger partial charge < -0.3 is 10.1 Å². The Bertz CT molecular complexity index is 388. The minimum atomic E-state index is -0.276. The van der Waals surface area contributed by atoms with Crippen molar-refractivity contribution in [3.8, 4) is 0 Å². The van der Waals surface area contributed by atoms with Crippen LogP contribution >= 0.6 is 11.6 Å². The van der Waals surface area contributed by atoms with Gasteiger partial charge in [-0.2, -0.15) is 4.98 Å². The number of nitrogen functional groups attached to an aromatic ring is 1. The number of anilines is 2. The van der Waals surface area contributed by atoms with E-state index in [1.54, 1.807) is 6.92 Å². The Morgan fingerprint density at radius 1 is 1.65 bits per heavy atom. The number of ether oxygens (including phenoxy) is 1. The number of hydrazine groups is 1. The summed E-state index contributed by atoms with van der Waals surface area (Å²) in [6, 6.07) is 0. The quantitative estimate of drug-likeness (QED) is 0.394. The summed E-state index contributed by atoms with van der Waals surface area (Å²) >= 11 is 5.86. The normalized spacial score (nSPS) is 9.82. The van der Waals surface area contributed by atoms with Crippen molar-refractivity contribution in [2.45, 2.75) is 13.3 Å². The van der Waals surface area contributed by atoms with E-state index in [0.29, 0.717) is 24.0 Å². The second-order valence-corrected chi connectivity index (χ2v) is 3.42. The molecule has 0 spiro atoms. The minimum Gasteiger partial charge on any atom is -0.466 e. The molecular weight excluding hydrogens is 246 g/mol. The highest BCUT2D eigenvalue weighted by Gasteiger charge is 2.06. The number of rotatable bonds is 6. The van der Waals surface area contributed by atoms with Crippen LogP contribution in [0.2, 0.25) is 5.02 Å². The van der Waals surface area contributed by atoms with Gasteiger partial charge in [-0.3, -0.25) is 10.2 Å². The lowest BCUT2D eigenvalue weighted by Crippen LogP contribution is -2.14. The average molecular weight is 260 g/mol. The van der Waals surface area contributed by atoms with Crippen molar-refractivity contribution in [1.82, 2.24) is 9.97 Å². The van der Waals surface area contributed by atoms with Gasteiger partial charge in [-0.05, 0) is 6.92 Å². The predicted octanol–water partition coefficient (Wildman–Crippen LogP) is 0.781. The second kappa shape index (κ2) is 6.87. The summed E-state index contributed by atoms with van der Waals surface area (Å²) in [6.07, 6.45) is 1.65. The zero-order valence-corrected chi connectivity index (χ0v) is 10.1. The number of carbonyl (C=O) groups excluding carboxylic acids is 1. The minimum absolute atomic E-state index is 0.236. The summed E-state index contributed by atoms with van der Waals surface area (Å²) in [7, 11) is 0. The highest BCUT2D eigenvalue weighted by molar-refractivity contribution is 6.32. The van der Waals surface area contributed by atoms with E-state index in [0.717, 1.165) is 0 Å². The smallest absolute Gasteiger partial charge is 0.307 e. The first kappa shape index (κ1) is 13.5. The first-order chi connectivity index (χ1) is 8.17. The number of halogens is 1. The predicted molar refractivity (Wildman–Crippen MR) is 64.6 cm³/mol. The number of hydrogen-bond donors (Lipinski definition) is 3. The van der Waals surface area contributed by atoms with E-state index in [2.05, 4.69) is 20.7 Å². The molecule has 0 aliphatic rings. The molecule has 0 aromatic carbocycles. The molecule has 0 radical (unpaired) electrons. The molecule has 0 fully saturated rings. The number of nitrogens with zero attached hydrogens (tertiary/aromatic N) is 2. The van der Waals surface area contributed by atoms with Gasteiger partial charge in [-0.1, -0.05) is 11.6 Å². The van der Waals surface area contributed by atoms with Crippen LogP contribution in [0.5, 0.6) is 0 Å². The van der Waals surface area contributed by atoms with E-state index >= 15 is 0 Å². The molecule has 0 saturated carbocycles. The number of hydrogen-bond acceptors (Lipinski definition) is 7. The Hall–Kier alpha value is -1.60. The lowest BCUT2D eigenvalue weighted by molar-refractivity contribution is -0.142. The van der Waals surface area contributed by atoms with Crippen LogP contribution in [-0.4, -0.2) is 29.1 Å². The van der Waals surface area contributed by atoms with Gasteiger partial charge in [0.2, 0.25) is 5.95 Å². The maximum atomic E-state index is 11.1. The lowest BCUT2D eigenvalue weighted by atomic mass is 10.4. The Morgan fingerprint density at radius 2 is 2.41 bits per heavy atom. The molecule has 0 bridgehead atoms. The lowest BCUT2D eigenvalue weighted by Gasteiger charge is -2.08. The molecule has 0 aliphatic heterocycles. The van der Waals surface area contributed by atoms with Crippen LogP contribution < -0.4 is 16.6 Å². The third-order valence-electron chi connectivity index (χ3n) is 1.80. The van der Waals surface area contributed by atoms with Crippen molar-refractivity contribution in [2.24, 2.45) is 5.84 Å². The number of aromatic nitrogens is 2. The van der Waals surface area contributed by atoms with Crippen LogP contribution in [0, 0.1) is 0 Å². The molecular formula is C9H14ClN5O2. The SMILES string of the molecule is CCOC(=O)CCNc1nc(NN)ncc1Cl. The topological polar surface area (TPSA) is 102 Å². The fraction of sp³-hybridized carbons (Fsp3) is 0.444. The van der Waals surface area contributed by atoms with E-state index < -0.39 is 0 Å². The number of nitrogens with two attached hydrogens (primary N) is 1. The van der Waals surface area contributed by atoms with E-state index in [4.69, 9.17) is 22.2 Å². The fourth-order valence-electron chi connectivity index (χ4n) is 1.08. The van der Waals surface area contributed by atoms with E-state index in [1.165, 1.54) is 6.20 Å². The first-order valence-electron chi connectivity index (χ1n) is 5.06. The molecule has 0 unspecified atom stereocenters. The van der Waals surface area contributed by atoms with Crippen molar-refractivity contribution < 1.29 is 9.53 Å². The summed E-state index contributed by atoms with van der Waals surface area (Å²) in [4.78, 5) is 18.9. The average Bonchev–Trinajstić information content (AvgIpc) is 2.32. The van der Waals surface area contributed by atoms with Crippen molar-refractivity contribution in [2.75, 3.05) is 23.9 Å². The highest BCUT2D eigenvalue weighted by atomic mass is 35.5. The van der Waals surface area contributed by atoms with Crippen LogP contribution in [0.1, 0.15) is 13.3 Å². The standard InChI is InChI=1S/C9H14ClN5O2/c1-2-17-7(16)3-4-12-8-6(10)5-13-9(14-8)15-11/h5H,2-4,11H2,1H3,(H2,12,13,14,15). The van der Waals surface area contributed by atoms with E-state index in [9.17, 15) is 4.79 Å². The number of esters is 1. The molecule has 4 N–H and O–H groups in total. The maximum Gasteiger partial charge on any atom is 0.307 e. The summed E-state index contributed by atoms with van der Waals surface area (Å²) in [5, 5.41) is 3.25. The van der Waals surface area contributed by atoms with Crippen molar-refractivity contribution in [1.29, 1.82) is 0 Å². The summed E-state index contributed by atoms with van der Waals surface area (Å²) in [5.41, 5.74) is 2.30. The van der Waals surface area contributed by atoms with Crippen LogP contribution in [0.4, 0.5) is 11.8 Å².